The largest absolute Gasteiger partial charge is 0.348 e. The Bertz CT molecular complexity index is 722. The molecule has 24 heavy (non-hydrogen) atoms. The number of hydrogen-bond donors (Lipinski definition) is 3. The lowest BCUT2D eigenvalue weighted by Crippen LogP contribution is -2.40. The van der Waals surface area contributed by atoms with Crippen LogP contribution >= 0.6 is 12.4 Å². The van der Waals surface area contributed by atoms with E-state index in [2.05, 4.69) is 20.6 Å². The Labute approximate surface area is 147 Å². The summed E-state index contributed by atoms with van der Waals surface area (Å²) in [5.74, 6) is 0.262. The summed E-state index contributed by atoms with van der Waals surface area (Å²) in [4.78, 5) is 12.4. The number of nitrogens with one attached hydrogen (secondary N) is 2. The fourth-order valence-corrected chi connectivity index (χ4v) is 3.47. The quantitative estimate of drug-likeness (QED) is 0.779. The highest BCUT2D eigenvalue weighted by Gasteiger charge is 2.28. The molecule has 2 aromatic heterocycles. The van der Waals surface area contributed by atoms with E-state index in [1.165, 1.54) is 0 Å². The lowest BCUT2D eigenvalue weighted by molar-refractivity contribution is 0.0923. The summed E-state index contributed by atoms with van der Waals surface area (Å²) in [5, 5.41) is 14.6. The molecule has 1 fully saturated rings. The number of aromatic nitrogens is 4. The van der Waals surface area contributed by atoms with Crippen LogP contribution in [-0.2, 0) is 7.05 Å². The highest BCUT2D eigenvalue weighted by Crippen LogP contribution is 2.26. The van der Waals surface area contributed by atoms with E-state index < -0.39 is 0 Å². The van der Waals surface area contributed by atoms with Gasteiger partial charge in [-0.05, 0) is 45.2 Å². The Hall–Kier alpha value is -1.86. The van der Waals surface area contributed by atoms with E-state index in [0.717, 1.165) is 41.9 Å². The van der Waals surface area contributed by atoms with Gasteiger partial charge in [-0.15, -0.1) is 12.4 Å². The number of amides is 1. The molecule has 0 saturated heterocycles. The first kappa shape index (κ1) is 18.5. The highest BCUT2D eigenvalue weighted by molar-refractivity contribution is 5.93. The third-order valence-corrected chi connectivity index (χ3v) is 4.87. The van der Waals surface area contributed by atoms with Crippen molar-refractivity contribution in [2.24, 2.45) is 18.7 Å². The van der Waals surface area contributed by atoms with Gasteiger partial charge in [-0.3, -0.25) is 14.6 Å². The first-order chi connectivity index (χ1) is 11.0. The first-order valence-corrected chi connectivity index (χ1v) is 8.08. The van der Waals surface area contributed by atoms with Crippen molar-refractivity contribution >= 4 is 18.3 Å². The minimum Gasteiger partial charge on any atom is -0.348 e. The summed E-state index contributed by atoms with van der Waals surface area (Å²) in [6.07, 6.45) is 3.20. The van der Waals surface area contributed by atoms with Gasteiger partial charge < -0.3 is 11.1 Å². The fourth-order valence-electron chi connectivity index (χ4n) is 3.47. The predicted octanol–water partition coefficient (Wildman–Crippen LogP) is 1.71. The maximum Gasteiger partial charge on any atom is 0.269 e. The van der Waals surface area contributed by atoms with Crippen molar-refractivity contribution in [3.05, 3.63) is 23.1 Å². The van der Waals surface area contributed by atoms with Crippen molar-refractivity contribution in [1.29, 1.82) is 0 Å². The molecule has 0 radical (unpaired) electrons. The molecular formula is C16H25ClN6O. The number of aryl methyl sites for hydroxylation is 2. The number of aromatic amines is 1. The maximum atomic E-state index is 12.4. The summed E-state index contributed by atoms with van der Waals surface area (Å²) in [5.41, 5.74) is 9.91. The van der Waals surface area contributed by atoms with Crippen LogP contribution in [0.4, 0.5) is 0 Å². The zero-order chi connectivity index (χ0) is 16.6. The number of nitrogens with two attached hydrogens (primary N) is 1. The molecule has 2 heterocycles. The molecule has 0 bridgehead atoms. The molecule has 3 rings (SSSR count). The smallest absolute Gasteiger partial charge is 0.269 e. The van der Waals surface area contributed by atoms with Crippen LogP contribution in [0, 0.1) is 19.8 Å². The first-order valence-electron chi connectivity index (χ1n) is 8.08. The van der Waals surface area contributed by atoms with E-state index in [9.17, 15) is 4.79 Å². The molecule has 0 aliphatic heterocycles. The van der Waals surface area contributed by atoms with Gasteiger partial charge in [0, 0.05) is 24.3 Å². The van der Waals surface area contributed by atoms with E-state index in [1.807, 2.05) is 25.6 Å². The van der Waals surface area contributed by atoms with Crippen LogP contribution in [0.3, 0.4) is 0 Å². The van der Waals surface area contributed by atoms with Crippen molar-refractivity contribution in [1.82, 2.24) is 25.3 Å². The van der Waals surface area contributed by atoms with Gasteiger partial charge >= 0.3 is 0 Å². The van der Waals surface area contributed by atoms with Crippen LogP contribution in [-0.4, -0.2) is 38.5 Å². The monoisotopic (exact) mass is 352 g/mol. The SMILES string of the molecule is Cc1nn(C)c(C)c1-c1cc(C(=O)NC2CCCC2CN)[nH]n1.Cl. The van der Waals surface area contributed by atoms with Crippen LogP contribution in [0.2, 0.25) is 0 Å². The number of carbonyl (C=O) groups is 1. The molecule has 0 aromatic carbocycles. The van der Waals surface area contributed by atoms with E-state index in [0.29, 0.717) is 18.2 Å². The van der Waals surface area contributed by atoms with Gasteiger partial charge in [-0.25, -0.2) is 0 Å². The van der Waals surface area contributed by atoms with Gasteiger partial charge in [0.15, 0.2) is 0 Å². The van der Waals surface area contributed by atoms with Crippen molar-refractivity contribution in [2.75, 3.05) is 6.54 Å². The number of halogens is 1. The number of carbonyl (C=O) groups excluding carboxylic acids is 1. The minimum absolute atomic E-state index is 0. The number of nitrogens with zero attached hydrogens (tertiary/aromatic N) is 3. The molecule has 1 aliphatic rings. The Morgan fingerprint density at radius 1 is 1.46 bits per heavy atom. The van der Waals surface area contributed by atoms with Crippen LogP contribution in [0.1, 0.15) is 41.1 Å². The summed E-state index contributed by atoms with van der Waals surface area (Å²) < 4.78 is 1.82. The second-order valence-corrected chi connectivity index (χ2v) is 6.34. The van der Waals surface area contributed by atoms with E-state index in [1.54, 1.807) is 6.07 Å². The summed E-state index contributed by atoms with van der Waals surface area (Å²) in [7, 11) is 1.90. The fraction of sp³-hybridized carbons (Fsp3) is 0.562. The molecule has 1 saturated carbocycles. The van der Waals surface area contributed by atoms with Crippen LogP contribution in [0.15, 0.2) is 6.07 Å². The molecule has 2 unspecified atom stereocenters. The lowest BCUT2D eigenvalue weighted by Gasteiger charge is -2.18. The van der Waals surface area contributed by atoms with Crippen molar-refractivity contribution in [3.8, 4) is 11.3 Å². The van der Waals surface area contributed by atoms with E-state index in [-0.39, 0.29) is 24.4 Å². The average molecular weight is 353 g/mol. The van der Waals surface area contributed by atoms with Crippen LogP contribution in [0.25, 0.3) is 11.3 Å². The second-order valence-electron chi connectivity index (χ2n) is 6.34. The minimum atomic E-state index is -0.117. The summed E-state index contributed by atoms with van der Waals surface area (Å²) >= 11 is 0. The average Bonchev–Trinajstić information content (AvgIpc) is 3.20. The van der Waals surface area contributed by atoms with Crippen molar-refractivity contribution in [2.45, 2.75) is 39.2 Å². The highest BCUT2D eigenvalue weighted by atomic mass is 35.5. The number of H-pyrrole nitrogens is 1. The molecule has 1 aliphatic carbocycles. The zero-order valence-electron chi connectivity index (χ0n) is 14.3. The Morgan fingerprint density at radius 2 is 2.21 bits per heavy atom. The molecule has 7 nitrogen and oxygen atoms in total. The number of rotatable bonds is 4. The van der Waals surface area contributed by atoms with Gasteiger partial charge in [0.05, 0.1) is 11.4 Å². The van der Waals surface area contributed by atoms with Crippen molar-refractivity contribution < 1.29 is 4.79 Å². The molecule has 4 N–H and O–H groups in total. The van der Waals surface area contributed by atoms with Gasteiger partial charge in [0.2, 0.25) is 0 Å². The molecule has 8 heteroatoms. The van der Waals surface area contributed by atoms with Gasteiger partial charge in [0.1, 0.15) is 5.69 Å². The van der Waals surface area contributed by atoms with Gasteiger partial charge in [-0.1, -0.05) is 6.42 Å². The molecule has 2 aromatic rings. The summed E-state index contributed by atoms with van der Waals surface area (Å²) in [6.45, 7) is 4.56. The third-order valence-electron chi connectivity index (χ3n) is 4.87. The standard InChI is InChI=1S/C16H24N6O.ClH/c1-9-15(10(2)22(3)21-9)13-7-14(20-19-13)16(23)18-12-6-4-5-11(12)8-17;/h7,11-12H,4-6,8,17H2,1-3H3,(H,18,23)(H,19,20);1H. The predicted molar refractivity (Wildman–Crippen MR) is 95.2 cm³/mol. The normalized spacial score (nSPS) is 20.0. The Kier molecular flexibility index (Phi) is 5.66. The molecular weight excluding hydrogens is 328 g/mol. The summed E-state index contributed by atoms with van der Waals surface area (Å²) in [6, 6.07) is 1.96. The molecule has 1 amide bonds. The van der Waals surface area contributed by atoms with E-state index in [4.69, 9.17) is 5.73 Å². The zero-order valence-corrected chi connectivity index (χ0v) is 15.1. The van der Waals surface area contributed by atoms with Crippen LogP contribution < -0.4 is 11.1 Å². The van der Waals surface area contributed by atoms with Crippen molar-refractivity contribution in [3.63, 3.8) is 0 Å². The van der Waals surface area contributed by atoms with Gasteiger partial charge in [-0.2, -0.15) is 10.2 Å². The number of hydrogen-bond acceptors (Lipinski definition) is 4. The Morgan fingerprint density at radius 3 is 2.83 bits per heavy atom. The third kappa shape index (κ3) is 3.32. The van der Waals surface area contributed by atoms with E-state index >= 15 is 0 Å². The maximum absolute atomic E-state index is 12.4. The Balaban J connectivity index is 0.00000208. The molecule has 2 atom stereocenters. The topological polar surface area (TPSA) is 102 Å². The van der Waals surface area contributed by atoms with Crippen LogP contribution in [0.5, 0.6) is 0 Å². The molecule has 0 spiro atoms. The second kappa shape index (κ2) is 7.36. The lowest BCUT2D eigenvalue weighted by atomic mass is 10.0. The molecule has 132 valence electrons. The van der Waals surface area contributed by atoms with Gasteiger partial charge in [0.25, 0.3) is 5.91 Å².